The van der Waals surface area contributed by atoms with Gasteiger partial charge in [0.1, 0.15) is 15.0 Å². The summed E-state index contributed by atoms with van der Waals surface area (Å²) in [6.45, 7) is 0. The fourth-order valence-corrected chi connectivity index (χ4v) is 5.12. The Morgan fingerprint density at radius 2 is 2.00 bits per heavy atom. The predicted octanol–water partition coefficient (Wildman–Crippen LogP) is 4.63. The smallest absolute Gasteiger partial charge is 0.264 e. The Balaban J connectivity index is 2.40. The van der Waals surface area contributed by atoms with Crippen molar-refractivity contribution in [1.82, 2.24) is 0 Å². The summed E-state index contributed by atoms with van der Waals surface area (Å²) in [5.74, 6) is 0.528. The zero-order chi connectivity index (χ0) is 14.9. The van der Waals surface area contributed by atoms with Crippen LogP contribution in [0.15, 0.2) is 33.6 Å². The summed E-state index contributed by atoms with van der Waals surface area (Å²) in [7, 11) is -2.32. The number of halogens is 3. The molecule has 1 heterocycles. The first-order valence-corrected chi connectivity index (χ1v) is 8.99. The largest absolute Gasteiger partial charge is 0.497 e. The second-order valence-corrected chi connectivity index (χ2v) is 8.43. The number of nitrogens with one attached hydrogen (secondary N) is 1. The predicted molar refractivity (Wildman–Crippen MR) is 85.8 cm³/mol. The van der Waals surface area contributed by atoms with Gasteiger partial charge in [0.25, 0.3) is 10.0 Å². The van der Waals surface area contributed by atoms with Crippen LogP contribution in [0, 0.1) is 0 Å². The van der Waals surface area contributed by atoms with E-state index >= 15 is 0 Å². The minimum Gasteiger partial charge on any atom is -0.497 e. The van der Waals surface area contributed by atoms with Crippen molar-refractivity contribution >= 4 is 66.2 Å². The summed E-state index contributed by atoms with van der Waals surface area (Å²) < 4.78 is 33.1. The van der Waals surface area contributed by atoms with Gasteiger partial charge in [-0.1, -0.05) is 23.2 Å². The van der Waals surface area contributed by atoms with E-state index in [-0.39, 0.29) is 9.23 Å². The first-order chi connectivity index (χ1) is 9.33. The first kappa shape index (κ1) is 15.9. The molecule has 0 saturated heterocycles. The van der Waals surface area contributed by atoms with Crippen molar-refractivity contribution < 1.29 is 13.2 Å². The molecule has 4 nitrogen and oxygen atoms in total. The maximum Gasteiger partial charge on any atom is 0.264 e. The molecule has 1 aromatic carbocycles. The highest BCUT2D eigenvalue weighted by atomic mass is 79.9. The van der Waals surface area contributed by atoms with Gasteiger partial charge >= 0.3 is 0 Å². The van der Waals surface area contributed by atoms with Crippen LogP contribution in [0.3, 0.4) is 0 Å². The van der Waals surface area contributed by atoms with Gasteiger partial charge in [0.05, 0.1) is 17.1 Å². The van der Waals surface area contributed by atoms with Gasteiger partial charge in [0, 0.05) is 10.5 Å². The highest BCUT2D eigenvalue weighted by molar-refractivity contribution is 9.10. The van der Waals surface area contributed by atoms with Crippen LogP contribution in [0.1, 0.15) is 0 Å². The molecule has 0 atom stereocenters. The molecule has 1 N–H and O–H groups in total. The van der Waals surface area contributed by atoms with E-state index < -0.39 is 10.0 Å². The SMILES string of the molecule is COc1ccc(Br)c(NS(=O)(=O)c2cc(Cl)sc2Cl)c1. The number of methoxy groups -OCH3 is 1. The van der Waals surface area contributed by atoms with Gasteiger partial charge in [-0.2, -0.15) is 0 Å². The van der Waals surface area contributed by atoms with E-state index in [1.807, 2.05) is 0 Å². The molecule has 0 unspecified atom stereocenters. The van der Waals surface area contributed by atoms with Crippen molar-refractivity contribution in [2.24, 2.45) is 0 Å². The monoisotopic (exact) mass is 415 g/mol. The molecule has 0 saturated carbocycles. The van der Waals surface area contributed by atoms with Crippen LogP contribution in [0.5, 0.6) is 5.75 Å². The van der Waals surface area contributed by atoms with Crippen LogP contribution >= 0.6 is 50.5 Å². The van der Waals surface area contributed by atoms with Gasteiger partial charge in [0.15, 0.2) is 0 Å². The fraction of sp³-hybridized carbons (Fsp3) is 0.0909. The van der Waals surface area contributed by atoms with E-state index in [0.29, 0.717) is 20.2 Å². The van der Waals surface area contributed by atoms with Crippen molar-refractivity contribution in [2.75, 3.05) is 11.8 Å². The Kier molecular flexibility index (Phi) is 4.86. The van der Waals surface area contributed by atoms with Crippen molar-refractivity contribution in [3.63, 3.8) is 0 Å². The molecule has 0 amide bonds. The lowest BCUT2D eigenvalue weighted by Crippen LogP contribution is -2.13. The lowest BCUT2D eigenvalue weighted by atomic mass is 10.3. The van der Waals surface area contributed by atoms with Crippen LogP contribution in [0.2, 0.25) is 8.67 Å². The van der Waals surface area contributed by atoms with E-state index in [0.717, 1.165) is 11.3 Å². The number of hydrogen-bond donors (Lipinski definition) is 1. The highest BCUT2D eigenvalue weighted by Gasteiger charge is 2.22. The number of anilines is 1. The number of sulfonamides is 1. The van der Waals surface area contributed by atoms with Crippen LogP contribution in [-0.4, -0.2) is 15.5 Å². The molecule has 1 aromatic heterocycles. The maximum atomic E-state index is 12.3. The molecular weight excluding hydrogens is 409 g/mol. The average molecular weight is 417 g/mol. The summed E-state index contributed by atoms with van der Waals surface area (Å²) in [5.41, 5.74) is 0.350. The van der Waals surface area contributed by atoms with Crippen molar-refractivity contribution in [3.8, 4) is 5.75 Å². The zero-order valence-electron chi connectivity index (χ0n) is 9.98. The molecule has 0 aliphatic heterocycles. The Bertz CT molecular complexity index is 746. The summed E-state index contributed by atoms with van der Waals surface area (Å²) in [4.78, 5) is -0.0520. The summed E-state index contributed by atoms with van der Waals surface area (Å²) in [5, 5.41) is 0. The number of benzene rings is 1. The summed E-state index contributed by atoms with van der Waals surface area (Å²) in [6.07, 6.45) is 0. The molecule has 0 fully saturated rings. The van der Waals surface area contributed by atoms with E-state index in [1.54, 1.807) is 18.2 Å². The molecule has 0 spiro atoms. The van der Waals surface area contributed by atoms with Gasteiger partial charge in [0.2, 0.25) is 0 Å². The Morgan fingerprint density at radius 3 is 2.55 bits per heavy atom. The second kappa shape index (κ2) is 6.11. The molecule has 0 aliphatic carbocycles. The number of hydrogen-bond acceptors (Lipinski definition) is 4. The second-order valence-electron chi connectivity index (χ2n) is 3.64. The zero-order valence-corrected chi connectivity index (χ0v) is 14.7. The van der Waals surface area contributed by atoms with Crippen LogP contribution in [-0.2, 0) is 10.0 Å². The van der Waals surface area contributed by atoms with Gasteiger partial charge in [-0.25, -0.2) is 8.42 Å². The minimum absolute atomic E-state index is 0.0520. The molecule has 0 bridgehead atoms. The van der Waals surface area contributed by atoms with E-state index in [9.17, 15) is 8.42 Å². The summed E-state index contributed by atoms with van der Waals surface area (Å²) in [6, 6.07) is 6.25. The van der Waals surface area contributed by atoms with E-state index in [2.05, 4.69) is 20.7 Å². The molecular formula is C11H8BrCl2NO3S2. The quantitative estimate of drug-likeness (QED) is 0.790. The minimum atomic E-state index is -3.81. The molecule has 20 heavy (non-hydrogen) atoms. The topological polar surface area (TPSA) is 55.4 Å². The lowest BCUT2D eigenvalue weighted by molar-refractivity contribution is 0.415. The van der Waals surface area contributed by atoms with Crippen molar-refractivity contribution in [2.45, 2.75) is 4.90 Å². The van der Waals surface area contributed by atoms with Gasteiger partial charge in [-0.3, -0.25) is 4.72 Å². The number of thiophene rings is 1. The number of rotatable bonds is 4. The molecule has 9 heteroatoms. The van der Waals surface area contributed by atoms with Crippen molar-refractivity contribution in [3.05, 3.63) is 37.4 Å². The van der Waals surface area contributed by atoms with Crippen LogP contribution in [0.25, 0.3) is 0 Å². The third kappa shape index (κ3) is 3.40. The van der Waals surface area contributed by atoms with Gasteiger partial charge in [-0.05, 0) is 34.1 Å². The van der Waals surface area contributed by atoms with Crippen LogP contribution in [0.4, 0.5) is 5.69 Å². The van der Waals surface area contributed by atoms with E-state index in [4.69, 9.17) is 27.9 Å². The average Bonchev–Trinajstić information content (AvgIpc) is 2.72. The normalized spacial score (nSPS) is 11.4. The highest BCUT2D eigenvalue weighted by Crippen LogP contribution is 2.36. The fourth-order valence-electron chi connectivity index (χ4n) is 1.42. The molecule has 2 aromatic rings. The Hall–Kier alpha value is -0.470. The molecule has 2 rings (SSSR count). The first-order valence-electron chi connectivity index (χ1n) is 5.14. The standard InChI is InChI=1S/C11H8BrCl2NO3S2/c1-18-6-2-3-7(12)8(4-6)15-20(16,17)9-5-10(13)19-11(9)14/h2-5,15H,1H3. The lowest BCUT2D eigenvalue weighted by Gasteiger charge is -2.10. The maximum absolute atomic E-state index is 12.3. The Labute approximate surface area is 138 Å². The Morgan fingerprint density at radius 1 is 1.30 bits per heavy atom. The van der Waals surface area contributed by atoms with Gasteiger partial charge in [-0.15, -0.1) is 11.3 Å². The third-order valence-electron chi connectivity index (χ3n) is 2.33. The van der Waals surface area contributed by atoms with Gasteiger partial charge < -0.3 is 4.74 Å². The van der Waals surface area contributed by atoms with Crippen molar-refractivity contribution in [1.29, 1.82) is 0 Å². The molecule has 0 aliphatic rings. The number of ether oxygens (including phenoxy) is 1. The van der Waals surface area contributed by atoms with E-state index in [1.165, 1.54) is 13.2 Å². The molecule has 108 valence electrons. The van der Waals surface area contributed by atoms with Crippen LogP contribution < -0.4 is 9.46 Å². The molecule has 0 radical (unpaired) electrons. The third-order valence-corrected chi connectivity index (χ3v) is 6.14. The summed E-state index contributed by atoms with van der Waals surface area (Å²) >= 11 is 15.9.